The summed E-state index contributed by atoms with van der Waals surface area (Å²) in [5.41, 5.74) is 0.310. The van der Waals surface area contributed by atoms with Gasteiger partial charge in [0, 0.05) is 31.3 Å². The quantitative estimate of drug-likeness (QED) is 0.753. The van der Waals surface area contributed by atoms with Crippen LogP contribution in [0.1, 0.15) is 77.0 Å². The molecule has 1 atom stereocenters. The van der Waals surface area contributed by atoms with Crippen molar-refractivity contribution >= 4 is 15.7 Å². The SMILES string of the molecule is O=C(C[NH2+]C12CC3CC(CC(C3)C1)C2)N(C1CCCCC1)[C@H]1CCS(=O)(=O)C1. The van der Waals surface area contributed by atoms with E-state index in [2.05, 4.69) is 10.2 Å². The minimum atomic E-state index is -2.97. The first-order valence-corrected chi connectivity index (χ1v) is 13.6. The van der Waals surface area contributed by atoms with E-state index < -0.39 is 9.84 Å². The number of carbonyl (C=O) groups is 1. The Morgan fingerprint density at radius 2 is 1.50 bits per heavy atom. The maximum Gasteiger partial charge on any atom is 0.278 e. The number of nitrogens with two attached hydrogens (primary N) is 1. The summed E-state index contributed by atoms with van der Waals surface area (Å²) in [4.78, 5) is 15.5. The number of hydrogen-bond acceptors (Lipinski definition) is 3. The van der Waals surface area contributed by atoms with E-state index in [1.807, 2.05) is 0 Å². The van der Waals surface area contributed by atoms with Crippen LogP contribution in [-0.4, -0.2) is 54.9 Å². The summed E-state index contributed by atoms with van der Waals surface area (Å²) in [6, 6.07) is 0.190. The summed E-state index contributed by atoms with van der Waals surface area (Å²) in [7, 11) is -2.97. The summed E-state index contributed by atoms with van der Waals surface area (Å²) in [5.74, 6) is 3.34. The lowest BCUT2D eigenvalue weighted by atomic mass is 9.53. The molecule has 0 unspecified atom stereocenters. The highest BCUT2D eigenvalue weighted by Crippen LogP contribution is 2.54. The van der Waals surface area contributed by atoms with E-state index in [1.54, 1.807) is 0 Å². The van der Waals surface area contributed by atoms with Gasteiger partial charge in [-0.25, -0.2) is 8.42 Å². The van der Waals surface area contributed by atoms with Crippen LogP contribution < -0.4 is 5.32 Å². The van der Waals surface area contributed by atoms with Crippen LogP contribution in [0.25, 0.3) is 0 Å². The van der Waals surface area contributed by atoms with Crippen molar-refractivity contribution in [2.45, 2.75) is 94.7 Å². The van der Waals surface area contributed by atoms with Gasteiger partial charge >= 0.3 is 0 Å². The average Bonchev–Trinajstić information content (AvgIpc) is 2.99. The first kappa shape index (κ1) is 19.3. The Bertz CT molecular complexity index is 678. The van der Waals surface area contributed by atoms with Crippen molar-refractivity contribution < 1.29 is 18.5 Å². The zero-order valence-electron chi connectivity index (χ0n) is 17.2. The van der Waals surface area contributed by atoms with E-state index in [1.165, 1.54) is 57.8 Å². The van der Waals surface area contributed by atoms with Crippen LogP contribution in [0.15, 0.2) is 0 Å². The maximum absolute atomic E-state index is 13.4. The van der Waals surface area contributed by atoms with Crippen LogP contribution in [0.2, 0.25) is 0 Å². The van der Waals surface area contributed by atoms with Gasteiger partial charge in [-0.2, -0.15) is 0 Å². The first-order chi connectivity index (χ1) is 13.4. The van der Waals surface area contributed by atoms with Gasteiger partial charge in [0.25, 0.3) is 5.91 Å². The molecule has 1 amide bonds. The fraction of sp³-hybridized carbons (Fsp3) is 0.955. The highest BCUT2D eigenvalue weighted by Gasteiger charge is 2.53. The molecule has 5 saturated carbocycles. The molecule has 6 aliphatic rings. The molecule has 158 valence electrons. The summed E-state index contributed by atoms with van der Waals surface area (Å²) in [5, 5.41) is 2.40. The largest absolute Gasteiger partial charge is 0.334 e. The number of carbonyl (C=O) groups excluding carboxylic acids is 1. The van der Waals surface area contributed by atoms with Crippen LogP contribution >= 0.6 is 0 Å². The topological polar surface area (TPSA) is 71.1 Å². The van der Waals surface area contributed by atoms with Crippen LogP contribution in [-0.2, 0) is 14.6 Å². The lowest BCUT2D eigenvalue weighted by Gasteiger charge is -2.54. The number of nitrogens with zero attached hydrogens (tertiary/aromatic N) is 1. The molecule has 1 saturated heterocycles. The predicted octanol–water partition coefficient (Wildman–Crippen LogP) is 1.87. The summed E-state index contributed by atoms with van der Waals surface area (Å²) >= 11 is 0. The molecule has 0 aromatic heterocycles. The van der Waals surface area contributed by atoms with Gasteiger partial charge in [0.15, 0.2) is 16.4 Å². The standard InChI is InChI=1S/C22H36N2O3S/c25-21(14-23-22-11-16-8-17(12-22)10-18(9-16)13-22)24(19-4-2-1-3-5-19)20-6-7-28(26,27)15-20/h16-20,23H,1-15H2/p+1/t16?,17?,18?,20-,22?/m0/s1. The monoisotopic (exact) mass is 409 g/mol. The molecular weight excluding hydrogens is 372 g/mol. The average molecular weight is 410 g/mol. The molecule has 0 spiro atoms. The van der Waals surface area contributed by atoms with Crippen molar-refractivity contribution in [3.63, 3.8) is 0 Å². The minimum Gasteiger partial charge on any atom is -0.334 e. The fourth-order valence-corrected chi connectivity index (χ4v) is 9.61. The Labute approximate surface area is 169 Å². The first-order valence-electron chi connectivity index (χ1n) is 11.8. The molecule has 1 aliphatic heterocycles. The molecule has 0 aromatic rings. The summed E-state index contributed by atoms with van der Waals surface area (Å²) < 4.78 is 24.2. The van der Waals surface area contributed by atoms with Gasteiger partial charge in [-0.15, -0.1) is 0 Å². The highest BCUT2D eigenvalue weighted by molar-refractivity contribution is 7.91. The molecule has 6 heteroatoms. The van der Waals surface area contributed by atoms with E-state index in [9.17, 15) is 13.2 Å². The van der Waals surface area contributed by atoms with Gasteiger partial charge in [0.05, 0.1) is 17.0 Å². The lowest BCUT2D eigenvalue weighted by molar-refractivity contribution is -0.730. The van der Waals surface area contributed by atoms with Gasteiger partial charge in [-0.3, -0.25) is 4.79 Å². The molecule has 28 heavy (non-hydrogen) atoms. The summed E-state index contributed by atoms with van der Waals surface area (Å²) in [6.45, 7) is 0.527. The zero-order valence-corrected chi connectivity index (χ0v) is 18.0. The molecule has 1 heterocycles. The third-order valence-corrected chi connectivity index (χ3v) is 10.4. The van der Waals surface area contributed by atoms with Crippen molar-refractivity contribution in [1.29, 1.82) is 0 Å². The smallest absolute Gasteiger partial charge is 0.278 e. The van der Waals surface area contributed by atoms with Crippen LogP contribution in [0.3, 0.4) is 0 Å². The van der Waals surface area contributed by atoms with Gasteiger partial charge in [-0.1, -0.05) is 19.3 Å². The van der Waals surface area contributed by atoms with Gasteiger partial charge in [0.2, 0.25) is 0 Å². The molecule has 6 rings (SSSR count). The number of quaternary nitrogens is 1. The second kappa shape index (κ2) is 7.26. The molecule has 4 bridgehead atoms. The molecule has 2 N–H and O–H groups in total. The molecular formula is C22H37N2O3S+. The van der Waals surface area contributed by atoms with Crippen LogP contribution in [0, 0.1) is 17.8 Å². The van der Waals surface area contributed by atoms with E-state index >= 15 is 0 Å². The van der Waals surface area contributed by atoms with Crippen molar-refractivity contribution in [2.24, 2.45) is 17.8 Å². The number of sulfone groups is 1. The Kier molecular flexibility index (Phi) is 5.02. The minimum absolute atomic E-state index is 0.0784. The van der Waals surface area contributed by atoms with E-state index in [0.717, 1.165) is 30.6 Å². The normalized spacial score (nSPS) is 42.0. The Morgan fingerprint density at radius 3 is 2.04 bits per heavy atom. The van der Waals surface area contributed by atoms with Crippen molar-refractivity contribution in [3.8, 4) is 0 Å². The Morgan fingerprint density at radius 1 is 0.893 bits per heavy atom. The number of rotatable bonds is 5. The second-order valence-corrected chi connectivity index (χ2v) is 13.1. The zero-order chi connectivity index (χ0) is 19.4. The molecule has 0 aromatic carbocycles. The number of amides is 1. The molecule has 6 fully saturated rings. The van der Waals surface area contributed by atoms with E-state index in [-0.39, 0.29) is 29.5 Å². The van der Waals surface area contributed by atoms with Crippen LogP contribution in [0.4, 0.5) is 0 Å². The molecule has 5 aliphatic carbocycles. The summed E-state index contributed by atoms with van der Waals surface area (Å²) in [6.07, 6.45) is 14.5. The highest BCUT2D eigenvalue weighted by atomic mass is 32.2. The lowest BCUT2D eigenvalue weighted by Crippen LogP contribution is -3.00. The molecule has 0 radical (unpaired) electrons. The fourth-order valence-electron chi connectivity index (χ4n) is 7.90. The van der Waals surface area contributed by atoms with E-state index in [0.29, 0.717) is 18.5 Å². The van der Waals surface area contributed by atoms with Crippen molar-refractivity contribution in [2.75, 3.05) is 18.1 Å². The molecule has 5 nitrogen and oxygen atoms in total. The number of hydrogen-bond donors (Lipinski definition) is 1. The van der Waals surface area contributed by atoms with Gasteiger partial charge in [-0.05, 0) is 56.3 Å². The Hall–Kier alpha value is -0.620. The van der Waals surface area contributed by atoms with Crippen molar-refractivity contribution in [3.05, 3.63) is 0 Å². The van der Waals surface area contributed by atoms with Gasteiger partial charge < -0.3 is 10.2 Å². The van der Waals surface area contributed by atoms with E-state index in [4.69, 9.17) is 0 Å². The third kappa shape index (κ3) is 3.76. The van der Waals surface area contributed by atoms with Crippen molar-refractivity contribution in [1.82, 2.24) is 4.90 Å². The maximum atomic E-state index is 13.4. The van der Waals surface area contributed by atoms with Crippen LogP contribution in [0.5, 0.6) is 0 Å². The predicted molar refractivity (Wildman–Crippen MR) is 108 cm³/mol. The third-order valence-electron chi connectivity index (χ3n) is 8.65. The van der Waals surface area contributed by atoms with Gasteiger partial charge in [0.1, 0.15) is 0 Å². The second-order valence-electron chi connectivity index (χ2n) is 10.8. The Balaban J connectivity index is 1.28.